The second kappa shape index (κ2) is 47.3. The van der Waals surface area contributed by atoms with Crippen LogP contribution in [0.3, 0.4) is 0 Å². The number of aryl methyl sites for hydroxylation is 6. The first kappa shape index (κ1) is 95.3. The van der Waals surface area contributed by atoms with E-state index >= 15 is 0 Å². The summed E-state index contributed by atoms with van der Waals surface area (Å²) in [5, 5.41) is 5.12. The zero-order valence-corrected chi connectivity index (χ0v) is 85.9. The van der Waals surface area contributed by atoms with Crippen molar-refractivity contribution >= 4 is 178 Å². The summed E-state index contributed by atoms with van der Waals surface area (Å²) >= 11 is 19.4. The summed E-state index contributed by atoms with van der Waals surface area (Å²) in [6, 6.07) is 89.5. The van der Waals surface area contributed by atoms with Crippen molar-refractivity contribution in [2.24, 2.45) is 0 Å². The van der Waals surface area contributed by atoms with Crippen molar-refractivity contribution in [2.75, 3.05) is 16.9 Å². The number of ketones is 1. The number of fused-ring (bicyclic) bond motifs is 2. The van der Waals surface area contributed by atoms with Crippen LogP contribution >= 0.6 is 113 Å². The average Bonchev–Trinajstić information content (AvgIpc) is 1.59. The van der Waals surface area contributed by atoms with Gasteiger partial charge in [-0.05, 0) is 336 Å². The van der Waals surface area contributed by atoms with Gasteiger partial charge in [-0.25, -0.2) is 0 Å². The highest BCUT2D eigenvalue weighted by Crippen LogP contribution is 2.54. The molecule has 0 aliphatic heterocycles. The van der Waals surface area contributed by atoms with E-state index in [9.17, 15) is 9.59 Å². The lowest BCUT2D eigenvalue weighted by Gasteiger charge is -2.27. The number of thiophene rings is 10. The maximum absolute atomic E-state index is 12.8. The molecule has 1 aliphatic rings. The minimum Gasteiger partial charge on any atom is -0.462 e. The van der Waals surface area contributed by atoms with Crippen LogP contribution in [0.4, 0.5) is 32.8 Å². The predicted molar refractivity (Wildman–Crippen MR) is 584 cm³/mol. The lowest BCUT2D eigenvalue weighted by Crippen LogP contribution is -2.27. The van der Waals surface area contributed by atoms with E-state index in [1.165, 1.54) is 267 Å². The number of hydrogen-bond acceptors (Lipinski definition) is 16. The Hall–Kier alpha value is -8.46. The highest BCUT2D eigenvalue weighted by molar-refractivity contribution is 7.31. The molecule has 0 saturated heterocycles. The Labute approximate surface area is 824 Å². The minimum atomic E-state index is -0.0535. The van der Waals surface area contributed by atoms with Gasteiger partial charge in [-0.1, -0.05) is 190 Å². The third-order valence-electron chi connectivity index (χ3n) is 26.1. The van der Waals surface area contributed by atoms with Crippen molar-refractivity contribution in [1.82, 2.24) is 0 Å². The Morgan fingerprint density at radius 2 is 0.606 bits per heavy atom. The second-order valence-electron chi connectivity index (χ2n) is 36.0. The van der Waals surface area contributed by atoms with Gasteiger partial charge >= 0.3 is 5.97 Å². The van der Waals surface area contributed by atoms with Gasteiger partial charge in [0.15, 0.2) is 0 Å². The third-order valence-corrected chi connectivity index (χ3v) is 38.7. The van der Waals surface area contributed by atoms with E-state index in [-0.39, 0.29) is 17.9 Å². The molecule has 0 unspecified atom stereocenters. The molecule has 6 aromatic carbocycles. The SMILES string of the molecule is CCCCCCc1ccc(-c2ccc(-c3ccc(-c4ccc(N(c5ccc(-c6ccc(CCCCCC(C)=O)cc6)cc5)c5ccc6sc(-c7sc8ccc(N(c9ccc(-c%10ccc(CCCCCC(=O)OC%11CCC(OC)CC%11)cc%10)cc9)c9ccc(-c%10ccc(-c%11ccc(-c%12ccc(CCCCCC)s%12)s%11)s%10)s9)cc8c7CCCCCC)c(CCCCCC)c6c5)s4)s3)s2)s1. The van der Waals surface area contributed by atoms with E-state index in [0.29, 0.717) is 18.9 Å². The molecule has 0 spiro atoms. The monoisotopic (exact) mass is 1930 g/mol. The predicted octanol–water partition coefficient (Wildman–Crippen LogP) is 39.3. The highest BCUT2D eigenvalue weighted by Gasteiger charge is 2.28. The molecule has 1 fully saturated rings. The zero-order chi connectivity index (χ0) is 90.5. The molecule has 16 heteroatoms. The van der Waals surface area contributed by atoms with Crippen molar-refractivity contribution in [3.63, 3.8) is 0 Å². The van der Waals surface area contributed by atoms with E-state index in [4.69, 9.17) is 9.47 Å². The average molecular weight is 1930 g/mol. The number of methoxy groups -OCH3 is 1. The largest absolute Gasteiger partial charge is 0.462 e. The lowest BCUT2D eigenvalue weighted by atomic mass is 9.95. The van der Waals surface area contributed by atoms with Crippen LogP contribution in [0.15, 0.2) is 231 Å². The van der Waals surface area contributed by atoms with E-state index in [2.05, 4.69) is 268 Å². The fourth-order valence-corrected chi connectivity index (χ4v) is 30.0. The Morgan fingerprint density at radius 3 is 0.977 bits per heavy atom. The smallest absolute Gasteiger partial charge is 0.306 e. The van der Waals surface area contributed by atoms with Crippen molar-refractivity contribution < 1.29 is 19.1 Å². The summed E-state index contributed by atoms with van der Waals surface area (Å²) < 4.78 is 14.1. The summed E-state index contributed by atoms with van der Waals surface area (Å²) in [6.07, 6.45) is 37.5. The van der Waals surface area contributed by atoms with Crippen molar-refractivity contribution in [1.29, 1.82) is 0 Å². The van der Waals surface area contributed by atoms with Crippen molar-refractivity contribution in [3.05, 3.63) is 263 Å². The van der Waals surface area contributed by atoms with Crippen molar-refractivity contribution in [2.45, 2.75) is 265 Å². The number of carbonyl (C=O) groups is 2. The summed E-state index contributed by atoms with van der Waals surface area (Å²) in [5.41, 5.74) is 15.1. The van der Waals surface area contributed by atoms with Crippen LogP contribution in [0.25, 0.3) is 111 Å². The Kier molecular flexibility index (Phi) is 34.2. The quantitative estimate of drug-likeness (QED) is 0.0280. The number of unbranched alkanes of at least 4 members (excludes halogenated alkanes) is 16. The Balaban J connectivity index is 0.693. The molecule has 17 rings (SSSR count). The molecular formula is C116H126N2O4S10. The van der Waals surface area contributed by atoms with Crippen LogP contribution < -0.4 is 9.80 Å². The van der Waals surface area contributed by atoms with Crippen LogP contribution in [-0.4, -0.2) is 31.1 Å². The maximum atomic E-state index is 12.8. The number of benzene rings is 6. The molecule has 1 saturated carbocycles. The van der Waals surface area contributed by atoms with Crippen LogP contribution in [0.2, 0.25) is 0 Å². The lowest BCUT2D eigenvalue weighted by molar-refractivity contribution is -0.152. The fraction of sp³-hybridized carbons (Fsp3) is 0.362. The number of carbonyl (C=O) groups excluding carboxylic acids is 2. The van der Waals surface area contributed by atoms with Gasteiger partial charge in [-0.2, -0.15) is 0 Å². The first-order chi connectivity index (χ1) is 64.9. The van der Waals surface area contributed by atoms with Gasteiger partial charge in [0, 0.05) is 130 Å². The molecule has 684 valence electrons. The Morgan fingerprint density at radius 1 is 0.295 bits per heavy atom. The van der Waals surface area contributed by atoms with E-state index in [0.717, 1.165) is 114 Å². The fourth-order valence-electron chi connectivity index (χ4n) is 18.6. The number of esters is 1. The maximum Gasteiger partial charge on any atom is 0.306 e. The summed E-state index contributed by atoms with van der Waals surface area (Å²) in [7, 11) is 1.78. The first-order valence-electron chi connectivity index (χ1n) is 49.0. The van der Waals surface area contributed by atoms with Gasteiger partial charge in [-0.3, -0.25) is 4.79 Å². The standard InChI is InChI=1S/C116H126N2O4S10/c1-7-11-15-24-32-92-59-63-100(123-92)102-65-67-104(125-102)106-69-71-108(127-106)110-73-75-112(129-110)117(86-49-45-84(46-50-86)82-41-37-80(38-42-82)30-22-19-21-29-79(5)119)88-53-61-98-96(77-88)94(34-26-17-13-9-3)115(131-98)116-95(35-27-18-14-10-4)97-78-89(54-62-99(97)132-116)118(113-76-74-111(130-113)109-72-70-107(128-109)105-68-66-103(126-105)101-64-60-93(124-101)33-25-16-12-8-2)87-51-47-85(48-52-87)83-43-39-81(40-44-83)31-23-20-28-36-114(120)122-91-57-55-90(121-6)56-58-91/h37-54,59-78,90-91H,7-36,55-58H2,1-6H3. The highest BCUT2D eigenvalue weighted by atomic mass is 32.1. The molecule has 0 N–H and O–H groups in total. The summed E-state index contributed by atoms with van der Waals surface area (Å²) in [4.78, 5) is 51.3. The molecule has 16 aromatic rings. The molecule has 0 amide bonds. The number of Topliss-reactive ketones (excluding diaryl/α,β-unsaturated/α-hetero) is 1. The zero-order valence-electron chi connectivity index (χ0n) is 77.7. The third kappa shape index (κ3) is 24.3. The van der Waals surface area contributed by atoms with Crippen molar-refractivity contribution in [3.8, 4) is 90.5 Å². The van der Waals surface area contributed by atoms with Gasteiger partial charge in [0.25, 0.3) is 0 Å². The van der Waals surface area contributed by atoms with Gasteiger partial charge in [0.05, 0.1) is 6.10 Å². The van der Waals surface area contributed by atoms with E-state index < -0.39 is 0 Å². The van der Waals surface area contributed by atoms with Gasteiger partial charge in [0.1, 0.15) is 21.9 Å². The number of anilines is 6. The van der Waals surface area contributed by atoms with Gasteiger partial charge < -0.3 is 24.1 Å². The van der Waals surface area contributed by atoms with Crippen LogP contribution in [0, 0.1) is 0 Å². The summed E-state index contributed by atoms with van der Waals surface area (Å²) in [5.74, 6) is 0.229. The topological polar surface area (TPSA) is 59.1 Å². The molecule has 6 nitrogen and oxygen atoms in total. The molecule has 10 heterocycles. The summed E-state index contributed by atoms with van der Waals surface area (Å²) in [6.45, 7) is 11.0. The van der Waals surface area contributed by atoms with Crippen LogP contribution in [0.5, 0.6) is 0 Å². The molecule has 0 atom stereocenters. The second-order valence-corrected chi connectivity index (χ2v) is 46.9. The van der Waals surface area contributed by atoms with Crippen LogP contribution in [0.1, 0.15) is 246 Å². The number of ether oxygens (including phenoxy) is 2. The Bertz CT molecular complexity index is 6110. The van der Waals surface area contributed by atoms with Crippen LogP contribution in [-0.2, 0) is 57.6 Å². The molecule has 10 aromatic heterocycles. The molecule has 0 bridgehead atoms. The minimum absolute atomic E-state index is 0.0359. The normalized spacial score (nSPS) is 13.5. The molecule has 1 aliphatic carbocycles. The molecular weight excluding hydrogens is 1810 g/mol. The molecule has 132 heavy (non-hydrogen) atoms. The van der Waals surface area contributed by atoms with E-state index in [1.54, 1.807) is 14.0 Å². The number of rotatable bonds is 49. The van der Waals surface area contributed by atoms with Gasteiger partial charge in [-0.15, -0.1) is 113 Å². The van der Waals surface area contributed by atoms with Gasteiger partial charge in [0.2, 0.25) is 0 Å². The number of nitrogens with zero attached hydrogens (tertiary/aromatic N) is 2. The molecule has 0 radical (unpaired) electrons. The van der Waals surface area contributed by atoms with E-state index in [1.807, 2.05) is 113 Å². The number of hydrogen-bond donors (Lipinski definition) is 0. The first-order valence-corrected chi connectivity index (χ1v) is 57.2.